The zero-order chi connectivity index (χ0) is 15.3. The van der Waals surface area contributed by atoms with E-state index in [1.54, 1.807) is 0 Å². The minimum atomic E-state index is -0.772. The van der Waals surface area contributed by atoms with E-state index in [4.69, 9.17) is 5.11 Å². The lowest BCUT2D eigenvalue weighted by Gasteiger charge is -2.41. The van der Waals surface area contributed by atoms with Gasteiger partial charge in [0, 0.05) is 13.1 Å². The molecule has 3 N–H and O–H groups in total. The number of hydrogen-bond acceptors (Lipinski definition) is 2. The summed E-state index contributed by atoms with van der Waals surface area (Å²) >= 11 is 0. The third kappa shape index (κ3) is 4.61. The number of carboxylic acid groups (broad SMARTS) is 1. The standard InChI is InChI=1S/C16H28N2O3/c1-15(6-3-2-4-7-15)11-17-14(21)18-12-16(8-5-9-16)10-13(19)20/h2-12H2,1H3,(H,19,20)(H2,17,18,21). The highest BCUT2D eigenvalue weighted by atomic mass is 16.4. The molecule has 0 atom stereocenters. The van der Waals surface area contributed by atoms with Crippen molar-refractivity contribution in [2.75, 3.05) is 13.1 Å². The maximum Gasteiger partial charge on any atom is 0.314 e. The molecule has 0 heterocycles. The van der Waals surface area contributed by atoms with Crippen molar-refractivity contribution < 1.29 is 14.7 Å². The number of amides is 2. The molecule has 0 aromatic carbocycles. The van der Waals surface area contributed by atoms with E-state index < -0.39 is 5.97 Å². The Hall–Kier alpha value is -1.26. The molecule has 0 spiro atoms. The Kier molecular flexibility index (Phi) is 5.12. The molecule has 5 nitrogen and oxygen atoms in total. The van der Waals surface area contributed by atoms with Crippen molar-refractivity contribution in [3.05, 3.63) is 0 Å². The van der Waals surface area contributed by atoms with Crippen molar-refractivity contribution in [2.24, 2.45) is 10.8 Å². The Bertz CT molecular complexity index is 385. The summed E-state index contributed by atoms with van der Waals surface area (Å²) in [4.78, 5) is 22.8. The van der Waals surface area contributed by atoms with Crippen LogP contribution < -0.4 is 10.6 Å². The molecule has 2 fully saturated rings. The molecule has 2 aliphatic rings. The van der Waals surface area contributed by atoms with Crippen molar-refractivity contribution in [3.63, 3.8) is 0 Å². The summed E-state index contributed by atoms with van der Waals surface area (Å²) in [7, 11) is 0. The summed E-state index contributed by atoms with van der Waals surface area (Å²) in [6, 6.07) is -0.154. The van der Waals surface area contributed by atoms with Gasteiger partial charge < -0.3 is 15.7 Å². The van der Waals surface area contributed by atoms with Crippen LogP contribution in [0.3, 0.4) is 0 Å². The van der Waals surface area contributed by atoms with E-state index in [1.807, 2.05) is 0 Å². The number of nitrogens with one attached hydrogen (secondary N) is 2. The molecule has 0 unspecified atom stereocenters. The fraction of sp³-hybridized carbons (Fsp3) is 0.875. The van der Waals surface area contributed by atoms with E-state index in [2.05, 4.69) is 17.6 Å². The van der Waals surface area contributed by atoms with Gasteiger partial charge in [0.25, 0.3) is 0 Å². The van der Waals surface area contributed by atoms with Gasteiger partial charge >= 0.3 is 12.0 Å². The summed E-state index contributed by atoms with van der Waals surface area (Å²) < 4.78 is 0. The lowest BCUT2D eigenvalue weighted by atomic mass is 9.66. The highest BCUT2D eigenvalue weighted by Crippen LogP contribution is 2.43. The molecule has 21 heavy (non-hydrogen) atoms. The number of rotatable bonds is 6. The summed E-state index contributed by atoms with van der Waals surface area (Å²) in [6.45, 7) is 3.43. The van der Waals surface area contributed by atoms with Gasteiger partial charge in [-0.2, -0.15) is 0 Å². The zero-order valence-electron chi connectivity index (χ0n) is 13.0. The van der Waals surface area contributed by atoms with Crippen molar-refractivity contribution >= 4 is 12.0 Å². The molecule has 0 aromatic rings. The molecule has 120 valence electrons. The molecule has 0 saturated heterocycles. The minimum Gasteiger partial charge on any atom is -0.481 e. The topological polar surface area (TPSA) is 78.4 Å². The summed E-state index contributed by atoms with van der Waals surface area (Å²) in [5, 5.41) is 14.8. The number of aliphatic carboxylic acids is 1. The van der Waals surface area contributed by atoms with Gasteiger partial charge in [-0.05, 0) is 36.5 Å². The molecule has 5 heteroatoms. The van der Waals surface area contributed by atoms with Crippen LogP contribution in [0, 0.1) is 10.8 Å². The smallest absolute Gasteiger partial charge is 0.314 e. The average Bonchev–Trinajstić information content (AvgIpc) is 2.40. The lowest BCUT2D eigenvalue weighted by Crippen LogP contribution is -2.48. The van der Waals surface area contributed by atoms with Gasteiger partial charge in [0.15, 0.2) is 0 Å². The first kappa shape index (κ1) is 16.1. The van der Waals surface area contributed by atoms with Crippen LogP contribution in [0.1, 0.15) is 64.7 Å². The van der Waals surface area contributed by atoms with Crippen LogP contribution in [0.4, 0.5) is 4.79 Å². The lowest BCUT2D eigenvalue weighted by molar-refractivity contribution is -0.141. The fourth-order valence-corrected chi connectivity index (χ4v) is 3.62. The van der Waals surface area contributed by atoms with E-state index >= 15 is 0 Å². The molecule has 2 aliphatic carbocycles. The summed E-state index contributed by atoms with van der Waals surface area (Å²) in [5.74, 6) is -0.772. The van der Waals surface area contributed by atoms with E-state index in [1.165, 1.54) is 32.1 Å². The van der Waals surface area contributed by atoms with E-state index in [0.717, 1.165) is 19.3 Å². The van der Waals surface area contributed by atoms with Gasteiger partial charge in [-0.1, -0.05) is 32.6 Å². The first-order valence-electron chi connectivity index (χ1n) is 8.17. The molecule has 2 amide bonds. The Morgan fingerprint density at radius 1 is 0.952 bits per heavy atom. The first-order valence-corrected chi connectivity index (χ1v) is 8.17. The van der Waals surface area contributed by atoms with Gasteiger partial charge in [-0.15, -0.1) is 0 Å². The SMILES string of the molecule is CC1(CNC(=O)NCC2(CC(=O)O)CCC2)CCCCC1. The average molecular weight is 296 g/mol. The quantitative estimate of drug-likeness (QED) is 0.705. The Labute approximate surface area is 126 Å². The number of hydrogen-bond donors (Lipinski definition) is 3. The molecule has 0 aromatic heterocycles. The van der Waals surface area contributed by atoms with Crippen LogP contribution >= 0.6 is 0 Å². The monoisotopic (exact) mass is 296 g/mol. The first-order chi connectivity index (χ1) is 9.93. The highest BCUT2D eigenvalue weighted by molar-refractivity contribution is 5.74. The largest absolute Gasteiger partial charge is 0.481 e. The summed E-state index contributed by atoms with van der Waals surface area (Å²) in [6.07, 6.45) is 9.18. The maximum atomic E-state index is 11.9. The van der Waals surface area contributed by atoms with Gasteiger partial charge in [-0.3, -0.25) is 4.79 Å². The van der Waals surface area contributed by atoms with Gasteiger partial charge in [0.2, 0.25) is 0 Å². The molecule has 0 aliphatic heterocycles. The van der Waals surface area contributed by atoms with Crippen LogP contribution in [0.25, 0.3) is 0 Å². The maximum absolute atomic E-state index is 11.9. The molecular weight excluding hydrogens is 268 g/mol. The molecule has 0 radical (unpaired) electrons. The van der Waals surface area contributed by atoms with Crippen LogP contribution in [0.2, 0.25) is 0 Å². The summed E-state index contributed by atoms with van der Waals surface area (Å²) in [5.41, 5.74) is 0.0166. The molecule has 2 rings (SSSR count). The molecular formula is C16H28N2O3. The minimum absolute atomic E-state index is 0.154. The Balaban J connectivity index is 1.70. The predicted octanol–water partition coefficient (Wildman–Crippen LogP) is 2.90. The number of carbonyl (C=O) groups is 2. The normalized spacial score (nSPS) is 22.9. The van der Waals surface area contributed by atoms with Crippen LogP contribution in [0.5, 0.6) is 0 Å². The molecule has 2 saturated carbocycles. The Morgan fingerprint density at radius 3 is 2.10 bits per heavy atom. The second-order valence-electron chi connectivity index (χ2n) is 7.33. The molecule has 0 bridgehead atoms. The predicted molar refractivity (Wildman–Crippen MR) is 81.1 cm³/mol. The van der Waals surface area contributed by atoms with Gasteiger partial charge in [-0.25, -0.2) is 4.79 Å². The number of urea groups is 1. The van der Waals surface area contributed by atoms with Crippen molar-refractivity contribution in [1.29, 1.82) is 0 Å². The van der Waals surface area contributed by atoms with Crippen LogP contribution in [0.15, 0.2) is 0 Å². The van der Waals surface area contributed by atoms with E-state index in [0.29, 0.717) is 13.1 Å². The zero-order valence-corrected chi connectivity index (χ0v) is 13.0. The fourth-order valence-electron chi connectivity index (χ4n) is 3.62. The second kappa shape index (κ2) is 6.67. The van der Waals surface area contributed by atoms with Crippen molar-refractivity contribution in [2.45, 2.75) is 64.7 Å². The second-order valence-corrected chi connectivity index (χ2v) is 7.33. The van der Waals surface area contributed by atoms with Crippen LogP contribution in [-0.4, -0.2) is 30.2 Å². The third-order valence-corrected chi connectivity index (χ3v) is 5.30. The van der Waals surface area contributed by atoms with E-state index in [-0.39, 0.29) is 23.3 Å². The third-order valence-electron chi connectivity index (χ3n) is 5.30. The number of carbonyl (C=O) groups excluding carboxylic acids is 1. The van der Waals surface area contributed by atoms with Crippen LogP contribution in [-0.2, 0) is 4.79 Å². The Morgan fingerprint density at radius 2 is 1.57 bits per heavy atom. The van der Waals surface area contributed by atoms with Gasteiger partial charge in [0.1, 0.15) is 0 Å². The van der Waals surface area contributed by atoms with Crippen molar-refractivity contribution in [3.8, 4) is 0 Å². The number of carboxylic acids is 1. The highest BCUT2D eigenvalue weighted by Gasteiger charge is 2.39. The van der Waals surface area contributed by atoms with E-state index in [9.17, 15) is 9.59 Å². The van der Waals surface area contributed by atoms with Gasteiger partial charge in [0.05, 0.1) is 6.42 Å². The van der Waals surface area contributed by atoms with Crippen molar-refractivity contribution in [1.82, 2.24) is 10.6 Å².